The van der Waals surface area contributed by atoms with E-state index in [-0.39, 0.29) is 30.7 Å². The van der Waals surface area contributed by atoms with Gasteiger partial charge in [0.1, 0.15) is 0 Å². The largest absolute Gasteiger partial charge is 0.454 e. The van der Waals surface area contributed by atoms with Gasteiger partial charge in [0, 0.05) is 36.2 Å². The summed E-state index contributed by atoms with van der Waals surface area (Å²) in [5, 5.41) is 3.49. The highest BCUT2D eigenvalue weighted by atomic mass is 32.2. The molecule has 0 unspecified atom stereocenters. The van der Waals surface area contributed by atoms with Gasteiger partial charge in [-0.3, -0.25) is 14.2 Å². The molecule has 3 heterocycles. The number of hydrogen-bond acceptors (Lipinski definition) is 6. The van der Waals surface area contributed by atoms with Gasteiger partial charge in [-0.15, -0.1) is 0 Å². The minimum absolute atomic E-state index is 0.124. The van der Waals surface area contributed by atoms with Gasteiger partial charge in [0.2, 0.25) is 12.7 Å². The number of anilines is 1. The lowest BCUT2D eigenvalue weighted by Gasteiger charge is -2.13. The average molecular weight is 331 g/mol. The molecule has 2 aromatic rings. The molecule has 0 saturated heterocycles. The molecule has 0 aliphatic carbocycles. The van der Waals surface area contributed by atoms with E-state index >= 15 is 0 Å². The molecule has 8 heteroatoms. The summed E-state index contributed by atoms with van der Waals surface area (Å²) in [4.78, 5) is 28.4. The average Bonchev–Trinajstić information content (AvgIpc) is 3.14. The molecule has 0 fully saturated rings. The number of carbonyl (C=O) groups excluding carboxylic acids is 1. The van der Waals surface area contributed by atoms with Crippen molar-refractivity contribution in [3.63, 3.8) is 0 Å². The summed E-state index contributed by atoms with van der Waals surface area (Å²) in [5.41, 5.74) is 0.518. The molecule has 0 spiro atoms. The maximum Gasteiger partial charge on any atom is 0.254 e. The molecule has 1 amide bonds. The van der Waals surface area contributed by atoms with Crippen LogP contribution in [0.5, 0.6) is 11.5 Å². The Morgan fingerprint density at radius 1 is 1.35 bits per heavy atom. The Hall–Kier alpha value is -2.48. The quantitative estimate of drug-likeness (QED) is 0.861. The number of aromatic nitrogens is 2. The number of hydrogen-bond donors (Lipinski definition) is 1. The Labute approximate surface area is 135 Å². The second-order valence-electron chi connectivity index (χ2n) is 5.22. The van der Waals surface area contributed by atoms with Gasteiger partial charge in [0.25, 0.3) is 5.56 Å². The van der Waals surface area contributed by atoms with Gasteiger partial charge in [-0.1, -0.05) is 11.8 Å². The molecule has 7 nitrogen and oxygen atoms in total. The lowest BCUT2D eigenvalue weighted by atomic mass is 10.2. The molecule has 1 aromatic carbocycles. The zero-order chi connectivity index (χ0) is 15.8. The summed E-state index contributed by atoms with van der Waals surface area (Å²) in [6.45, 7) is 0.193. The third-order valence-electron chi connectivity index (χ3n) is 3.69. The van der Waals surface area contributed by atoms with Gasteiger partial charge in [-0.05, 0) is 12.1 Å². The summed E-state index contributed by atoms with van der Waals surface area (Å²) in [6.07, 6.45) is 1.72. The van der Waals surface area contributed by atoms with E-state index in [1.165, 1.54) is 24.0 Å². The maximum atomic E-state index is 12.3. The highest BCUT2D eigenvalue weighted by Gasteiger charge is 2.27. The van der Waals surface area contributed by atoms with Crippen LogP contribution < -0.4 is 20.3 Å². The van der Waals surface area contributed by atoms with Crippen molar-refractivity contribution in [1.82, 2.24) is 9.55 Å². The first-order chi connectivity index (χ1) is 11.2. The Bertz CT molecular complexity index is 836. The van der Waals surface area contributed by atoms with Crippen LogP contribution in [0.3, 0.4) is 0 Å². The van der Waals surface area contributed by atoms with Crippen molar-refractivity contribution in [2.45, 2.75) is 17.6 Å². The molecule has 1 N–H and O–H groups in total. The Balaban J connectivity index is 1.47. The van der Waals surface area contributed by atoms with Crippen LogP contribution in [0.15, 0.2) is 40.4 Å². The molecule has 1 atom stereocenters. The zero-order valence-electron chi connectivity index (χ0n) is 12.0. The number of thioether (sulfide) groups is 1. The van der Waals surface area contributed by atoms with Crippen molar-refractivity contribution >= 4 is 23.4 Å². The van der Waals surface area contributed by atoms with Crippen LogP contribution in [0.1, 0.15) is 12.5 Å². The van der Waals surface area contributed by atoms with Crippen LogP contribution in [0.2, 0.25) is 0 Å². The fourth-order valence-electron chi connectivity index (χ4n) is 2.64. The third-order valence-corrected chi connectivity index (χ3v) is 4.80. The number of fused-ring (bicyclic) bond motifs is 2. The molecule has 118 valence electrons. The molecule has 4 rings (SSSR count). The Morgan fingerprint density at radius 2 is 2.22 bits per heavy atom. The summed E-state index contributed by atoms with van der Waals surface area (Å²) >= 11 is 1.49. The molecule has 1 aromatic heterocycles. The van der Waals surface area contributed by atoms with Crippen molar-refractivity contribution in [2.24, 2.45) is 0 Å². The monoisotopic (exact) mass is 331 g/mol. The minimum atomic E-state index is -0.176. The number of benzene rings is 1. The van der Waals surface area contributed by atoms with E-state index in [0.29, 0.717) is 28.1 Å². The minimum Gasteiger partial charge on any atom is -0.454 e. The van der Waals surface area contributed by atoms with E-state index in [9.17, 15) is 9.59 Å². The van der Waals surface area contributed by atoms with Crippen molar-refractivity contribution in [3.05, 3.63) is 40.8 Å². The van der Waals surface area contributed by atoms with Gasteiger partial charge in [0.15, 0.2) is 16.7 Å². The van der Waals surface area contributed by atoms with E-state index in [0.717, 1.165) is 0 Å². The summed E-state index contributed by atoms with van der Waals surface area (Å²) in [6, 6.07) is 6.48. The van der Waals surface area contributed by atoms with Gasteiger partial charge >= 0.3 is 0 Å². The van der Waals surface area contributed by atoms with E-state index in [2.05, 4.69) is 10.3 Å². The highest BCUT2D eigenvalue weighted by molar-refractivity contribution is 7.99. The predicted molar refractivity (Wildman–Crippen MR) is 84.1 cm³/mol. The van der Waals surface area contributed by atoms with E-state index in [4.69, 9.17) is 9.47 Å². The Morgan fingerprint density at radius 3 is 3.13 bits per heavy atom. The summed E-state index contributed by atoms with van der Waals surface area (Å²) in [7, 11) is 0. The van der Waals surface area contributed by atoms with E-state index in [1.54, 1.807) is 22.8 Å². The number of nitrogens with zero attached hydrogens (tertiary/aromatic N) is 2. The first-order valence-electron chi connectivity index (χ1n) is 7.10. The molecule has 2 aliphatic rings. The highest BCUT2D eigenvalue weighted by Crippen LogP contribution is 2.35. The van der Waals surface area contributed by atoms with Gasteiger partial charge in [0.05, 0.1) is 6.04 Å². The van der Waals surface area contributed by atoms with Crippen LogP contribution >= 0.6 is 11.8 Å². The zero-order valence-corrected chi connectivity index (χ0v) is 12.8. The van der Waals surface area contributed by atoms with Crippen molar-refractivity contribution < 1.29 is 14.3 Å². The second kappa shape index (κ2) is 5.62. The number of nitrogens with one attached hydrogen (secondary N) is 1. The first-order valence-corrected chi connectivity index (χ1v) is 8.09. The maximum absolute atomic E-state index is 12.3. The standard InChI is InChI=1S/C15H13N3O4S/c19-13(17-9-1-2-11-12(5-9)22-8-21-11)6-10-7-23-15-16-4-3-14(20)18(10)15/h1-5,10H,6-8H2,(H,17,19)/t10-/m0/s1. The fraction of sp³-hybridized carbons (Fsp3) is 0.267. The lowest BCUT2D eigenvalue weighted by Crippen LogP contribution is -2.26. The topological polar surface area (TPSA) is 82.5 Å². The van der Waals surface area contributed by atoms with Crippen LogP contribution in [0.25, 0.3) is 0 Å². The predicted octanol–water partition coefficient (Wildman–Crippen LogP) is 1.65. The molecule has 23 heavy (non-hydrogen) atoms. The molecule has 2 aliphatic heterocycles. The van der Waals surface area contributed by atoms with Gasteiger partial charge in [-0.25, -0.2) is 4.98 Å². The van der Waals surface area contributed by atoms with Crippen LogP contribution in [0, 0.1) is 0 Å². The van der Waals surface area contributed by atoms with Gasteiger partial charge < -0.3 is 14.8 Å². The van der Waals surface area contributed by atoms with Crippen molar-refractivity contribution in [1.29, 1.82) is 0 Å². The summed E-state index contributed by atoms with van der Waals surface area (Å²) in [5.74, 6) is 1.80. The summed E-state index contributed by atoms with van der Waals surface area (Å²) < 4.78 is 12.1. The normalized spacial score (nSPS) is 17.8. The van der Waals surface area contributed by atoms with E-state index < -0.39 is 0 Å². The van der Waals surface area contributed by atoms with Crippen LogP contribution in [-0.4, -0.2) is 28.0 Å². The smallest absolute Gasteiger partial charge is 0.254 e. The molecule has 0 saturated carbocycles. The number of carbonyl (C=O) groups is 1. The number of ether oxygens (including phenoxy) is 2. The van der Waals surface area contributed by atoms with Crippen molar-refractivity contribution in [2.75, 3.05) is 17.9 Å². The molecular weight excluding hydrogens is 318 g/mol. The van der Waals surface area contributed by atoms with Crippen LogP contribution in [0.4, 0.5) is 5.69 Å². The molecular formula is C15H13N3O4S. The molecule has 0 radical (unpaired) electrons. The first kappa shape index (κ1) is 14.1. The number of rotatable bonds is 3. The van der Waals surface area contributed by atoms with Crippen molar-refractivity contribution in [3.8, 4) is 11.5 Å². The second-order valence-corrected chi connectivity index (χ2v) is 6.21. The van der Waals surface area contributed by atoms with Crippen LogP contribution in [-0.2, 0) is 4.79 Å². The number of amides is 1. The lowest BCUT2D eigenvalue weighted by molar-refractivity contribution is -0.116. The Kier molecular flexibility index (Phi) is 3.45. The van der Waals surface area contributed by atoms with E-state index in [1.807, 2.05) is 0 Å². The van der Waals surface area contributed by atoms with Gasteiger partial charge in [-0.2, -0.15) is 0 Å². The fourth-order valence-corrected chi connectivity index (χ4v) is 3.76. The third kappa shape index (κ3) is 2.65. The SMILES string of the molecule is O=C(C[C@H]1CSc2nccc(=O)n21)Nc1ccc2c(c1)OCO2. The molecule has 0 bridgehead atoms.